The van der Waals surface area contributed by atoms with Crippen molar-refractivity contribution in [1.29, 1.82) is 0 Å². The van der Waals surface area contributed by atoms with E-state index in [0.29, 0.717) is 6.54 Å². The van der Waals surface area contributed by atoms with Crippen LogP contribution in [0.3, 0.4) is 0 Å². The average Bonchev–Trinajstić information content (AvgIpc) is 2.88. The first-order chi connectivity index (χ1) is 11.0. The molecule has 0 aliphatic heterocycles. The number of urea groups is 1. The number of aromatic nitrogens is 3. The Hall–Kier alpha value is -2.37. The third-order valence-corrected chi connectivity index (χ3v) is 3.94. The van der Waals surface area contributed by atoms with E-state index in [1.165, 1.54) is 0 Å². The van der Waals surface area contributed by atoms with Crippen molar-refractivity contribution in [1.82, 2.24) is 25.0 Å². The molecule has 0 saturated heterocycles. The van der Waals surface area contributed by atoms with E-state index in [9.17, 15) is 4.79 Å². The summed E-state index contributed by atoms with van der Waals surface area (Å²) in [5.74, 6) is 0. The predicted octanol–water partition coefficient (Wildman–Crippen LogP) is 2.69. The zero-order valence-electron chi connectivity index (χ0n) is 14.3. The standard InChI is InChI=1S/C17H25N5O/c1-13-12-14(2)22(20-13)11-7-10-19-17(23)21(4)15(3)16-8-5-6-9-18-16/h5-6,8-9,12,15H,7,10-11H2,1-4H3,(H,19,23). The molecule has 2 heterocycles. The monoisotopic (exact) mass is 315 g/mol. The Balaban J connectivity index is 1.77. The fraction of sp³-hybridized carbons (Fsp3) is 0.471. The van der Waals surface area contributed by atoms with Gasteiger partial charge in [0, 0.05) is 32.0 Å². The number of pyridine rings is 1. The number of amides is 2. The molecule has 1 unspecified atom stereocenters. The largest absolute Gasteiger partial charge is 0.338 e. The third kappa shape index (κ3) is 4.55. The van der Waals surface area contributed by atoms with Gasteiger partial charge in [-0.2, -0.15) is 5.10 Å². The maximum Gasteiger partial charge on any atom is 0.317 e. The van der Waals surface area contributed by atoms with Gasteiger partial charge in [-0.1, -0.05) is 6.07 Å². The summed E-state index contributed by atoms with van der Waals surface area (Å²) in [4.78, 5) is 18.2. The molecule has 1 N–H and O–H groups in total. The highest BCUT2D eigenvalue weighted by molar-refractivity contribution is 5.74. The highest BCUT2D eigenvalue weighted by Crippen LogP contribution is 2.15. The Morgan fingerprint density at radius 2 is 2.17 bits per heavy atom. The number of carbonyl (C=O) groups excluding carboxylic acids is 1. The summed E-state index contributed by atoms with van der Waals surface area (Å²) < 4.78 is 1.97. The van der Waals surface area contributed by atoms with Crippen molar-refractivity contribution in [2.45, 2.75) is 39.8 Å². The summed E-state index contributed by atoms with van der Waals surface area (Å²) >= 11 is 0. The van der Waals surface area contributed by atoms with Crippen molar-refractivity contribution in [3.8, 4) is 0 Å². The zero-order valence-corrected chi connectivity index (χ0v) is 14.3. The number of aryl methyl sites for hydroxylation is 3. The summed E-state index contributed by atoms with van der Waals surface area (Å²) in [6, 6.07) is 7.63. The van der Waals surface area contributed by atoms with Crippen LogP contribution < -0.4 is 5.32 Å². The second-order valence-corrected chi connectivity index (χ2v) is 5.78. The Bertz CT molecular complexity index is 638. The average molecular weight is 315 g/mol. The molecule has 1 atom stereocenters. The molecule has 2 aromatic heterocycles. The Kier molecular flexibility index (Phi) is 5.73. The topological polar surface area (TPSA) is 63.1 Å². The van der Waals surface area contributed by atoms with Gasteiger partial charge in [0.25, 0.3) is 0 Å². The van der Waals surface area contributed by atoms with Crippen LogP contribution in [0.15, 0.2) is 30.5 Å². The van der Waals surface area contributed by atoms with Gasteiger partial charge in [0.1, 0.15) is 0 Å². The van der Waals surface area contributed by atoms with Crippen LogP contribution >= 0.6 is 0 Å². The molecule has 23 heavy (non-hydrogen) atoms. The lowest BCUT2D eigenvalue weighted by atomic mass is 10.2. The summed E-state index contributed by atoms with van der Waals surface area (Å²) in [6.07, 6.45) is 2.59. The molecule has 0 aliphatic rings. The maximum absolute atomic E-state index is 12.2. The van der Waals surface area contributed by atoms with Crippen molar-refractivity contribution in [3.05, 3.63) is 47.5 Å². The molecule has 2 rings (SSSR count). The van der Waals surface area contributed by atoms with E-state index >= 15 is 0 Å². The number of hydrogen-bond donors (Lipinski definition) is 1. The second kappa shape index (κ2) is 7.76. The van der Waals surface area contributed by atoms with Crippen LogP contribution in [0.5, 0.6) is 0 Å². The van der Waals surface area contributed by atoms with Crippen LogP contribution in [0.4, 0.5) is 4.79 Å². The highest BCUT2D eigenvalue weighted by Gasteiger charge is 2.17. The molecule has 6 nitrogen and oxygen atoms in total. The fourth-order valence-corrected chi connectivity index (χ4v) is 2.45. The number of nitrogens with one attached hydrogen (secondary N) is 1. The van der Waals surface area contributed by atoms with E-state index in [-0.39, 0.29) is 12.1 Å². The molecule has 0 saturated carbocycles. The molecule has 0 fully saturated rings. The van der Waals surface area contributed by atoms with E-state index in [1.54, 1.807) is 18.1 Å². The fourth-order valence-electron chi connectivity index (χ4n) is 2.45. The van der Waals surface area contributed by atoms with Gasteiger partial charge in [0.05, 0.1) is 17.4 Å². The molecule has 0 aliphatic carbocycles. The molecule has 6 heteroatoms. The van der Waals surface area contributed by atoms with Gasteiger partial charge in [-0.25, -0.2) is 4.79 Å². The smallest absolute Gasteiger partial charge is 0.317 e. The van der Waals surface area contributed by atoms with Crippen molar-refractivity contribution >= 4 is 6.03 Å². The van der Waals surface area contributed by atoms with Crippen LogP contribution in [0.1, 0.15) is 36.5 Å². The van der Waals surface area contributed by atoms with Crippen molar-refractivity contribution in [3.63, 3.8) is 0 Å². The third-order valence-electron chi connectivity index (χ3n) is 3.94. The molecule has 124 valence electrons. The maximum atomic E-state index is 12.2. The second-order valence-electron chi connectivity index (χ2n) is 5.78. The SMILES string of the molecule is Cc1cc(C)n(CCCNC(=O)N(C)C(C)c2ccccn2)n1. The molecule has 0 aromatic carbocycles. The lowest BCUT2D eigenvalue weighted by Gasteiger charge is -2.24. The number of nitrogens with zero attached hydrogens (tertiary/aromatic N) is 4. The van der Waals surface area contributed by atoms with Gasteiger partial charge in [0.2, 0.25) is 0 Å². The minimum absolute atomic E-state index is 0.0628. The van der Waals surface area contributed by atoms with E-state index < -0.39 is 0 Å². The van der Waals surface area contributed by atoms with Crippen LogP contribution in [-0.2, 0) is 6.54 Å². The Morgan fingerprint density at radius 3 is 2.78 bits per heavy atom. The number of rotatable bonds is 6. The quantitative estimate of drug-likeness (QED) is 0.834. The van der Waals surface area contributed by atoms with Crippen LogP contribution in [-0.4, -0.2) is 39.3 Å². The summed E-state index contributed by atoms with van der Waals surface area (Å²) in [5, 5.41) is 7.36. The van der Waals surface area contributed by atoms with E-state index in [1.807, 2.05) is 43.7 Å². The summed E-state index contributed by atoms with van der Waals surface area (Å²) in [7, 11) is 1.79. The molecule has 0 radical (unpaired) electrons. The molecular formula is C17H25N5O. The first-order valence-electron chi connectivity index (χ1n) is 7.91. The predicted molar refractivity (Wildman–Crippen MR) is 90.1 cm³/mol. The van der Waals surface area contributed by atoms with Gasteiger partial charge >= 0.3 is 6.03 Å². The molecular weight excluding hydrogens is 290 g/mol. The molecule has 2 aromatic rings. The van der Waals surface area contributed by atoms with E-state index in [2.05, 4.69) is 21.5 Å². The van der Waals surface area contributed by atoms with Crippen LogP contribution in [0, 0.1) is 13.8 Å². The lowest BCUT2D eigenvalue weighted by Crippen LogP contribution is -2.39. The molecule has 0 spiro atoms. The Labute approximate surface area is 137 Å². The number of carbonyl (C=O) groups is 1. The summed E-state index contributed by atoms with van der Waals surface area (Å²) in [5.41, 5.74) is 3.05. The summed E-state index contributed by atoms with van der Waals surface area (Å²) in [6.45, 7) is 7.42. The molecule has 0 bridgehead atoms. The zero-order chi connectivity index (χ0) is 16.8. The number of hydrogen-bond acceptors (Lipinski definition) is 3. The van der Waals surface area contributed by atoms with E-state index in [4.69, 9.17) is 0 Å². The van der Waals surface area contributed by atoms with Gasteiger partial charge in [-0.3, -0.25) is 9.67 Å². The first-order valence-corrected chi connectivity index (χ1v) is 7.91. The van der Waals surface area contributed by atoms with Gasteiger partial charge in [-0.05, 0) is 45.4 Å². The van der Waals surface area contributed by atoms with Crippen molar-refractivity contribution in [2.24, 2.45) is 0 Å². The van der Waals surface area contributed by atoms with Crippen LogP contribution in [0.25, 0.3) is 0 Å². The minimum Gasteiger partial charge on any atom is -0.338 e. The van der Waals surface area contributed by atoms with Gasteiger partial charge in [0.15, 0.2) is 0 Å². The normalized spacial score (nSPS) is 12.0. The molecule has 2 amide bonds. The van der Waals surface area contributed by atoms with Crippen molar-refractivity contribution < 1.29 is 4.79 Å². The first kappa shape index (κ1) is 17.0. The Morgan fingerprint density at radius 1 is 1.39 bits per heavy atom. The van der Waals surface area contributed by atoms with E-state index in [0.717, 1.165) is 30.0 Å². The van der Waals surface area contributed by atoms with Gasteiger partial charge in [-0.15, -0.1) is 0 Å². The minimum atomic E-state index is -0.0866. The van der Waals surface area contributed by atoms with Gasteiger partial charge < -0.3 is 10.2 Å². The highest BCUT2D eigenvalue weighted by atomic mass is 16.2. The lowest BCUT2D eigenvalue weighted by molar-refractivity contribution is 0.193. The van der Waals surface area contributed by atoms with Crippen LogP contribution in [0.2, 0.25) is 0 Å². The van der Waals surface area contributed by atoms with Crippen molar-refractivity contribution in [2.75, 3.05) is 13.6 Å².